The fourth-order valence-electron chi connectivity index (χ4n) is 2.52. The summed E-state index contributed by atoms with van der Waals surface area (Å²) in [5.41, 5.74) is 2.26. The van der Waals surface area contributed by atoms with E-state index in [1.54, 1.807) is 0 Å². The highest BCUT2D eigenvalue weighted by molar-refractivity contribution is 5.98. The van der Waals surface area contributed by atoms with Crippen LogP contribution in [0.5, 0.6) is 0 Å². The van der Waals surface area contributed by atoms with Gasteiger partial charge in [-0.3, -0.25) is 5.01 Å². The minimum Gasteiger partial charge on any atom is -0.353 e. The number of benzene rings is 1. The Kier molecular flexibility index (Phi) is 4.15. The summed E-state index contributed by atoms with van der Waals surface area (Å²) in [5, 5.41) is 6.89. The van der Waals surface area contributed by atoms with Crippen LogP contribution in [0.4, 0.5) is 5.82 Å². The molecule has 0 N–H and O–H groups in total. The molecule has 4 nitrogen and oxygen atoms in total. The van der Waals surface area contributed by atoms with Crippen LogP contribution >= 0.6 is 0 Å². The van der Waals surface area contributed by atoms with E-state index in [-0.39, 0.29) is 0 Å². The van der Waals surface area contributed by atoms with Gasteiger partial charge in [-0.1, -0.05) is 36.4 Å². The first-order chi connectivity index (χ1) is 10.3. The molecule has 0 radical (unpaired) electrons. The number of rotatable bonds is 3. The first-order valence-electron chi connectivity index (χ1n) is 7.34. The van der Waals surface area contributed by atoms with Gasteiger partial charge in [0.15, 0.2) is 0 Å². The highest BCUT2D eigenvalue weighted by atomic mass is 15.5. The van der Waals surface area contributed by atoms with Gasteiger partial charge in [0, 0.05) is 19.3 Å². The van der Waals surface area contributed by atoms with Crippen LogP contribution in [0.3, 0.4) is 0 Å². The molecule has 1 fully saturated rings. The van der Waals surface area contributed by atoms with Crippen molar-refractivity contribution < 1.29 is 0 Å². The Morgan fingerprint density at radius 1 is 0.952 bits per heavy atom. The predicted octanol–water partition coefficient (Wildman–Crippen LogP) is 2.63. The summed E-state index contributed by atoms with van der Waals surface area (Å²) in [5.74, 6) is 1.06. The maximum Gasteiger partial charge on any atom is 0.128 e. The van der Waals surface area contributed by atoms with Crippen LogP contribution in [-0.4, -0.2) is 41.9 Å². The standard InChI is InChI=1S/C17H20N4/c1-15(16-7-3-2-4-8-16)19-21-13-11-20(12-14-21)17-9-5-6-10-18-17/h2-10H,11-14H2,1H3/b19-15-. The second-order valence-electron chi connectivity index (χ2n) is 5.18. The molecule has 1 saturated heterocycles. The first kappa shape index (κ1) is 13.6. The van der Waals surface area contributed by atoms with E-state index in [0.29, 0.717) is 0 Å². The van der Waals surface area contributed by atoms with Crippen molar-refractivity contribution in [2.45, 2.75) is 6.92 Å². The van der Waals surface area contributed by atoms with Gasteiger partial charge < -0.3 is 4.90 Å². The lowest BCUT2D eigenvalue weighted by Crippen LogP contribution is -2.44. The fraction of sp³-hybridized carbons (Fsp3) is 0.294. The van der Waals surface area contributed by atoms with Crippen molar-refractivity contribution in [2.75, 3.05) is 31.1 Å². The molecule has 0 bridgehead atoms. The van der Waals surface area contributed by atoms with E-state index in [9.17, 15) is 0 Å². The van der Waals surface area contributed by atoms with Crippen LogP contribution in [-0.2, 0) is 0 Å². The minimum atomic E-state index is 0.931. The lowest BCUT2D eigenvalue weighted by molar-refractivity contribution is 0.270. The lowest BCUT2D eigenvalue weighted by atomic mass is 10.1. The van der Waals surface area contributed by atoms with Crippen molar-refractivity contribution >= 4 is 11.5 Å². The van der Waals surface area contributed by atoms with Crippen LogP contribution in [0.15, 0.2) is 59.8 Å². The van der Waals surface area contributed by atoms with E-state index in [0.717, 1.165) is 37.7 Å². The van der Waals surface area contributed by atoms with Gasteiger partial charge in [0.05, 0.1) is 18.8 Å². The number of pyridine rings is 1. The Bertz CT molecular complexity index is 587. The third-order valence-corrected chi connectivity index (χ3v) is 3.71. The monoisotopic (exact) mass is 280 g/mol. The van der Waals surface area contributed by atoms with Crippen molar-refractivity contribution in [1.82, 2.24) is 9.99 Å². The van der Waals surface area contributed by atoms with Gasteiger partial charge in [-0.15, -0.1) is 0 Å². The van der Waals surface area contributed by atoms with Crippen molar-refractivity contribution in [3.63, 3.8) is 0 Å². The zero-order valence-electron chi connectivity index (χ0n) is 12.3. The third-order valence-electron chi connectivity index (χ3n) is 3.71. The number of hydrogen-bond acceptors (Lipinski definition) is 4. The van der Waals surface area contributed by atoms with Crippen LogP contribution in [0.2, 0.25) is 0 Å². The van der Waals surface area contributed by atoms with Crippen molar-refractivity contribution in [3.8, 4) is 0 Å². The first-order valence-corrected chi connectivity index (χ1v) is 7.34. The number of anilines is 1. The molecule has 1 aromatic heterocycles. The van der Waals surface area contributed by atoms with Gasteiger partial charge in [0.1, 0.15) is 5.82 Å². The van der Waals surface area contributed by atoms with Crippen LogP contribution in [0, 0.1) is 0 Å². The number of hydrogen-bond donors (Lipinski definition) is 0. The second-order valence-corrected chi connectivity index (χ2v) is 5.18. The average molecular weight is 280 g/mol. The van der Waals surface area contributed by atoms with Crippen LogP contribution in [0.1, 0.15) is 12.5 Å². The summed E-state index contributed by atoms with van der Waals surface area (Å²) in [6, 6.07) is 16.4. The van der Waals surface area contributed by atoms with Crippen LogP contribution in [0.25, 0.3) is 0 Å². The summed E-state index contributed by atoms with van der Waals surface area (Å²) in [6.07, 6.45) is 1.85. The molecule has 3 rings (SSSR count). The highest BCUT2D eigenvalue weighted by Crippen LogP contribution is 2.13. The van der Waals surface area contributed by atoms with Gasteiger partial charge in [-0.2, -0.15) is 5.10 Å². The summed E-state index contributed by atoms with van der Waals surface area (Å²) >= 11 is 0. The van der Waals surface area contributed by atoms with Crippen molar-refractivity contribution in [3.05, 3.63) is 60.3 Å². The van der Waals surface area contributed by atoms with Crippen molar-refractivity contribution in [1.29, 1.82) is 0 Å². The fourth-order valence-corrected chi connectivity index (χ4v) is 2.52. The zero-order valence-corrected chi connectivity index (χ0v) is 12.3. The maximum absolute atomic E-state index is 4.74. The summed E-state index contributed by atoms with van der Waals surface area (Å²) in [7, 11) is 0. The molecule has 21 heavy (non-hydrogen) atoms. The van der Waals surface area contributed by atoms with Crippen molar-refractivity contribution in [2.24, 2.45) is 5.10 Å². The molecule has 108 valence electrons. The van der Waals surface area contributed by atoms with Gasteiger partial charge in [0.2, 0.25) is 0 Å². The van der Waals surface area contributed by atoms with Crippen LogP contribution < -0.4 is 4.90 Å². The molecular weight excluding hydrogens is 260 g/mol. The molecule has 0 amide bonds. The quantitative estimate of drug-likeness (QED) is 0.810. The Balaban J connectivity index is 1.61. The predicted molar refractivity (Wildman–Crippen MR) is 86.7 cm³/mol. The number of piperazine rings is 1. The SMILES string of the molecule is C/C(=N/N1CCN(c2ccccn2)CC1)c1ccccc1. The smallest absolute Gasteiger partial charge is 0.128 e. The van der Waals surface area contributed by atoms with Gasteiger partial charge in [-0.25, -0.2) is 4.98 Å². The maximum atomic E-state index is 4.74. The average Bonchev–Trinajstić information content (AvgIpc) is 2.57. The zero-order chi connectivity index (χ0) is 14.5. The van der Waals surface area contributed by atoms with E-state index < -0.39 is 0 Å². The minimum absolute atomic E-state index is 0.931. The van der Waals surface area contributed by atoms with E-state index in [1.807, 2.05) is 36.5 Å². The third kappa shape index (κ3) is 3.40. The van der Waals surface area contributed by atoms with Gasteiger partial charge >= 0.3 is 0 Å². The molecule has 1 aliphatic heterocycles. The van der Waals surface area contributed by atoms with E-state index in [2.05, 4.69) is 40.0 Å². The van der Waals surface area contributed by atoms with E-state index in [4.69, 9.17) is 5.10 Å². The molecule has 0 saturated carbocycles. The Morgan fingerprint density at radius 3 is 2.33 bits per heavy atom. The topological polar surface area (TPSA) is 31.7 Å². The number of aromatic nitrogens is 1. The Morgan fingerprint density at radius 2 is 1.67 bits per heavy atom. The van der Waals surface area contributed by atoms with E-state index >= 15 is 0 Å². The Hall–Kier alpha value is -2.36. The van der Waals surface area contributed by atoms with E-state index in [1.165, 1.54) is 5.56 Å². The molecular formula is C17H20N4. The normalized spacial score (nSPS) is 16.1. The second kappa shape index (κ2) is 6.39. The molecule has 0 unspecified atom stereocenters. The summed E-state index contributed by atoms with van der Waals surface area (Å²) < 4.78 is 0. The summed E-state index contributed by atoms with van der Waals surface area (Å²) in [4.78, 5) is 6.72. The summed E-state index contributed by atoms with van der Waals surface area (Å²) in [6.45, 7) is 5.85. The molecule has 1 aromatic carbocycles. The van der Waals surface area contributed by atoms with Gasteiger partial charge in [0.25, 0.3) is 0 Å². The molecule has 0 aliphatic carbocycles. The number of nitrogens with zero attached hydrogens (tertiary/aromatic N) is 4. The molecule has 0 spiro atoms. The highest BCUT2D eigenvalue weighted by Gasteiger charge is 2.16. The Labute approximate surface area is 125 Å². The van der Waals surface area contributed by atoms with Gasteiger partial charge in [-0.05, 0) is 24.6 Å². The molecule has 4 heteroatoms. The number of hydrazone groups is 1. The molecule has 2 heterocycles. The molecule has 1 aliphatic rings. The molecule has 2 aromatic rings. The molecule has 0 atom stereocenters. The largest absolute Gasteiger partial charge is 0.353 e. The lowest BCUT2D eigenvalue weighted by Gasteiger charge is -2.34.